The SMILES string of the molecule is CC(C)(N)CCC(=O)C1=CCCO1. The highest BCUT2D eigenvalue weighted by Crippen LogP contribution is 2.15. The first-order chi connectivity index (χ1) is 5.99. The van der Waals surface area contributed by atoms with Crippen LogP contribution in [0.5, 0.6) is 0 Å². The molecular weight excluding hydrogens is 166 g/mol. The number of rotatable bonds is 4. The lowest BCUT2D eigenvalue weighted by atomic mass is 9.98. The summed E-state index contributed by atoms with van der Waals surface area (Å²) in [6.07, 6.45) is 3.89. The Hall–Kier alpha value is -0.830. The van der Waals surface area contributed by atoms with E-state index >= 15 is 0 Å². The van der Waals surface area contributed by atoms with Gasteiger partial charge in [-0.25, -0.2) is 0 Å². The van der Waals surface area contributed by atoms with Crippen LogP contribution in [0.3, 0.4) is 0 Å². The van der Waals surface area contributed by atoms with Gasteiger partial charge in [0.05, 0.1) is 6.61 Å². The molecule has 1 aliphatic heterocycles. The van der Waals surface area contributed by atoms with E-state index in [0.717, 1.165) is 6.42 Å². The lowest BCUT2D eigenvalue weighted by Crippen LogP contribution is -2.32. The van der Waals surface area contributed by atoms with Gasteiger partial charge in [0.1, 0.15) is 0 Å². The molecule has 2 N–H and O–H groups in total. The van der Waals surface area contributed by atoms with E-state index < -0.39 is 0 Å². The Kier molecular flexibility index (Phi) is 3.09. The smallest absolute Gasteiger partial charge is 0.197 e. The standard InChI is InChI=1S/C10H17NO2/c1-10(2,11)6-5-8(12)9-4-3-7-13-9/h4H,3,5-7,11H2,1-2H3. The van der Waals surface area contributed by atoms with Crippen LogP contribution in [0.4, 0.5) is 0 Å². The Morgan fingerprint density at radius 2 is 2.38 bits per heavy atom. The zero-order valence-electron chi connectivity index (χ0n) is 8.30. The van der Waals surface area contributed by atoms with E-state index in [-0.39, 0.29) is 11.3 Å². The fourth-order valence-corrected chi connectivity index (χ4v) is 1.17. The summed E-state index contributed by atoms with van der Waals surface area (Å²) in [6.45, 7) is 4.49. The molecule has 0 saturated heterocycles. The summed E-state index contributed by atoms with van der Waals surface area (Å²) in [5.41, 5.74) is 5.50. The fraction of sp³-hybridized carbons (Fsp3) is 0.700. The van der Waals surface area contributed by atoms with Crippen molar-refractivity contribution < 1.29 is 9.53 Å². The van der Waals surface area contributed by atoms with Gasteiger partial charge in [0.2, 0.25) is 0 Å². The summed E-state index contributed by atoms with van der Waals surface area (Å²) >= 11 is 0. The number of nitrogens with two attached hydrogens (primary N) is 1. The minimum atomic E-state index is -0.269. The number of ether oxygens (including phenoxy) is 1. The van der Waals surface area contributed by atoms with E-state index in [1.807, 2.05) is 19.9 Å². The molecule has 0 spiro atoms. The van der Waals surface area contributed by atoms with Gasteiger partial charge in [-0.15, -0.1) is 0 Å². The van der Waals surface area contributed by atoms with E-state index in [4.69, 9.17) is 10.5 Å². The maximum Gasteiger partial charge on any atom is 0.197 e. The monoisotopic (exact) mass is 183 g/mol. The first-order valence-corrected chi connectivity index (χ1v) is 4.64. The molecule has 1 rings (SSSR count). The van der Waals surface area contributed by atoms with Crippen molar-refractivity contribution in [2.75, 3.05) is 6.61 Å². The molecule has 0 unspecified atom stereocenters. The largest absolute Gasteiger partial charge is 0.490 e. The van der Waals surface area contributed by atoms with Crippen molar-refractivity contribution in [3.8, 4) is 0 Å². The summed E-state index contributed by atoms with van der Waals surface area (Å²) in [4.78, 5) is 11.4. The third-order valence-electron chi connectivity index (χ3n) is 1.98. The van der Waals surface area contributed by atoms with Crippen molar-refractivity contribution in [1.82, 2.24) is 0 Å². The van der Waals surface area contributed by atoms with Crippen molar-refractivity contribution in [3.05, 3.63) is 11.8 Å². The van der Waals surface area contributed by atoms with Gasteiger partial charge in [0, 0.05) is 18.4 Å². The molecular formula is C10H17NO2. The van der Waals surface area contributed by atoms with Crippen molar-refractivity contribution in [3.63, 3.8) is 0 Å². The second-order valence-electron chi connectivity index (χ2n) is 4.12. The van der Waals surface area contributed by atoms with E-state index in [1.54, 1.807) is 0 Å². The summed E-state index contributed by atoms with van der Waals surface area (Å²) in [5.74, 6) is 0.611. The third-order valence-corrected chi connectivity index (χ3v) is 1.98. The number of carbonyl (C=O) groups is 1. The predicted octanol–water partition coefficient (Wildman–Crippen LogP) is 1.38. The normalized spacial score (nSPS) is 16.7. The number of Topliss-reactive ketones (excluding diaryl/α,β-unsaturated/α-hetero) is 1. The van der Waals surface area contributed by atoms with Crippen LogP contribution in [0.1, 0.15) is 33.1 Å². The number of hydrogen-bond acceptors (Lipinski definition) is 3. The molecule has 0 amide bonds. The number of carbonyl (C=O) groups excluding carboxylic acids is 1. The molecule has 0 bridgehead atoms. The Labute approximate surface area is 78.9 Å². The van der Waals surface area contributed by atoms with Crippen LogP contribution in [0, 0.1) is 0 Å². The molecule has 13 heavy (non-hydrogen) atoms. The molecule has 0 aromatic rings. The molecule has 0 aromatic carbocycles. The van der Waals surface area contributed by atoms with Gasteiger partial charge < -0.3 is 10.5 Å². The van der Waals surface area contributed by atoms with Crippen molar-refractivity contribution >= 4 is 5.78 Å². The van der Waals surface area contributed by atoms with Crippen LogP contribution < -0.4 is 5.73 Å². The highest BCUT2D eigenvalue weighted by Gasteiger charge is 2.18. The van der Waals surface area contributed by atoms with Gasteiger partial charge in [0.15, 0.2) is 11.5 Å². The summed E-state index contributed by atoms with van der Waals surface area (Å²) in [5, 5.41) is 0. The van der Waals surface area contributed by atoms with Crippen molar-refractivity contribution in [2.45, 2.75) is 38.6 Å². The minimum Gasteiger partial charge on any atom is -0.490 e. The minimum absolute atomic E-state index is 0.0797. The Morgan fingerprint density at radius 1 is 1.69 bits per heavy atom. The molecule has 1 heterocycles. The summed E-state index contributed by atoms with van der Waals surface area (Å²) in [6, 6.07) is 0. The van der Waals surface area contributed by atoms with Gasteiger partial charge in [-0.3, -0.25) is 4.79 Å². The van der Waals surface area contributed by atoms with Gasteiger partial charge in [-0.1, -0.05) is 0 Å². The Morgan fingerprint density at radius 3 is 2.85 bits per heavy atom. The Balaban J connectivity index is 2.33. The number of hydrogen-bond donors (Lipinski definition) is 1. The maximum absolute atomic E-state index is 11.4. The quantitative estimate of drug-likeness (QED) is 0.716. The Bertz CT molecular complexity index is 226. The molecule has 74 valence electrons. The van der Waals surface area contributed by atoms with E-state index in [0.29, 0.717) is 25.2 Å². The molecule has 0 saturated carbocycles. The second kappa shape index (κ2) is 3.92. The molecule has 1 aliphatic rings. The van der Waals surface area contributed by atoms with Crippen LogP contribution in [-0.2, 0) is 9.53 Å². The highest BCUT2D eigenvalue weighted by molar-refractivity contribution is 5.93. The fourth-order valence-electron chi connectivity index (χ4n) is 1.17. The highest BCUT2D eigenvalue weighted by atomic mass is 16.5. The second-order valence-corrected chi connectivity index (χ2v) is 4.12. The van der Waals surface area contributed by atoms with E-state index in [2.05, 4.69) is 0 Å². The lowest BCUT2D eigenvalue weighted by molar-refractivity contribution is -0.118. The van der Waals surface area contributed by atoms with Crippen molar-refractivity contribution in [1.29, 1.82) is 0 Å². The van der Waals surface area contributed by atoms with Gasteiger partial charge >= 0.3 is 0 Å². The summed E-state index contributed by atoms with van der Waals surface area (Å²) in [7, 11) is 0. The van der Waals surface area contributed by atoms with E-state index in [1.165, 1.54) is 0 Å². The molecule has 0 aromatic heterocycles. The van der Waals surface area contributed by atoms with Gasteiger partial charge in [0.25, 0.3) is 0 Å². The molecule has 0 radical (unpaired) electrons. The predicted molar refractivity (Wildman–Crippen MR) is 51.2 cm³/mol. The first-order valence-electron chi connectivity index (χ1n) is 4.64. The molecule has 0 fully saturated rings. The molecule has 3 nitrogen and oxygen atoms in total. The molecule has 0 aliphatic carbocycles. The van der Waals surface area contributed by atoms with E-state index in [9.17, 15) is 4.79 Å². The first kappa shape index (κ1) is 10.3. The van der Waals surface area contributed by atoms with Gasteiger partial charge in [-0.2, -0.15) is 0 Å². The van der Waals surface area contributed by atoms with Crippen molar-refractivity contribution in [2.24, 2.45) is 5.73 Å². The summed E-state index contributed by atoms with van der Waals surface area (Å²) < 4.78 is 5.15. The van der Waals surface area contributed by atoms with Crippen LogP contribution in [0.15, 0.2) is 11.8 Å². The number of ketones is 1. The maximum atomic E-state index is 11.4. The molecule has 0 atom stereocenters. The van der Waals surface area contributed by atoms with Crippen LogP contribution in [0.25, 0.3) is 0 Å². The third kappa shape index (κ3) is 3.59. The zero-order valence-corrected chi connectivity index (χ0v) is 8.30. The topological polar surface area (TPSA) is 52.3 Å². The average molecular weight is 183 g/mol. The zero-order chi connectivity index (χ0) is 9.90. The average Bonchev–Trinajstić information content (AvgIpc) is 2.50. The van der Waals surface area contributed by atoms with Crippen LogP contribution in [0.2, 0.25) is 0 Å². The lowest BCUT2D eigenvalue weighted by Gasteiger charge is -2.17. The van der Waals surface area contributed by atoms with Gasteiger partial charge in [-0.05, 0) is 26.3 Å². The van der Waals surface area contributed by atoms with Crippen LogP contribution in [-0.4, -0.2) is 17.9 Å². The molecule has 3 heteroatoms. The van der Waals surface area contributed by atoms with Crippen LogP contribution >= 0.6 is 0 Å². The number of allylic oxidation sites excluding steroid dienone is 1.